The predicted molar refractivity (Wildman–Crippen MR) is 136 cm³/mol. The normalized spacial score (nSPS) is 21.4. The van der Waals surface area contributed by atoms with Crippen LogP contribution in [0.3, 0.4) is 0 Å². The van der Waals surface area contributed by atoms with Gasteiger partial charge < -0.3 is 24.4 Å². The van der Waals surface area contributed by atoms with Crippen molar-refractivity contribution in [1.82, 2.24) is 9.80 Å². The molecule has 3 atom stereocenters. The first-order valence-electron chi connectivity index (χ1n) is 12.1. The van der Waals surface area contributed by atoms with Crippen molar-refractivity contribution in [1.29, 1.82) is 0 Å². The molecule has 1 aliphatic heterocycles. The molecule has 2 aromatic carbocycles. The highest BCUT2D eigenvalue weighted by Crippen LogP contribution is 2.27. The molecule has 1 aliphatic rings. The molecule has 3 rings (SSSR count). The van der Waals surface area contributed by atoms with Gasteiger partial charge in [0.2, 0.25) is 5.91 Å². The van der Waals surface area contributed by atoms with Crippen molar-refractivity contribution in [3.8, 4) is 5.75 Å². The maximum Gasteiger partial charge on any atom is 0.257 e. The standard InChI is InChI=1S/C27H35F2N3O5/c1-17-12-32(13-19-10-20(28)6-9-23(19)29)18(2)15-37-24-11-21(30-26(33)16-35-4)7-8-22(24)27(34)31(3)14-25(17)36-5/h6-11,17-18,25H,12-16H2,1-5H3,(H,30,33)/t17-,18+,25+/m0/s1. The van der Waals surface area contributed by atoms with Gasteiger partial charge in [0, 0.05) is 64.3 Å². The maximum atomic E-state index is 14.5. The lowest BCUT2D eigenvalue weighted by Crippen LogP contribution is -2.46. The fraction of sp³-hybridized carbons (Fsp3) is 0.481. The lowest BCUT2D eigenvalue weighted by Gasteiger charge is -2.36. The van der Waals surface area contributed by atoms with E-state index in [9.17, 15) is 18.4 Å². The van der Waals surface area contributed by atoms with Gasteiger partial charge in [0.1, 0.15) is 30.6 Å². The van der Waals surface area contributed by atoms with Crippen LogP contribution in [0.4, 0.5) is 14.5 Å². The third-order valence-corrected chi connectivity index (χ3v) is 6.52. The zero-order valence-electron chi connectivity index (χ0n) is 21.9. The van der Waals surface area contributed by atoms with Crippen LogP contribution in [-0.2, 0) is 20.8 Å². The Hall–Kier alpha value is -3.08. The number of amides is 2. The summed E-state index contributed by atoms with van der Waals surface area (Å²) in [7, 11) is 4.71. The molecule has 0 saturated heterocycles. The van der Waals surface area contributed by atoms with E-state index >= 15 is 0 Å². The SMILES string of the molecule is COCC(=O)Nc1ccc2c(c1)OC[C@@H](C)N(Cc1cc(F)ccc1F)C[C@H](C)[C@H](OC)CN(C)C2=O. The number of halogens is 2. The summed E-state index contributed by atoms with van der Waals surface area (Å²) in [5.41, 5.74) is 1.04. The average molecular weight is 520 g/mol. The van der Waals surface area contributed by atoms with Crippen molar-refractivity contribution < 1.29 is 32.6 Å². The van der Waals surface area contributed by atoms with Crippen molar-refractivity contribution in [2.24, 2.45) is 5.92 Å². The molecule has 8 nitrogen and oxygen atoms in total. The molecule has 1 N–H and O–H groups in total. The van der Waals surface area contributed by atoms with E-state index in [-0.39, 0.29) is 55.2 Å². The first kappa shape index (κ1) is 28.5. The first-order chi connectivity index (χ1) is 17.6. The fourth-order valence-corrected chi connectivity index (χ4v) is 4.36. The van der Waals surface area contributed by atoms with Crippen LogP contribution in [0.1, 0.15) is 29.8 Å². The second-order valence-electron chi connectivity index (χ2n) is 9.45. The molecule has 0 saturated carbocycles. The monoisotopic (exact) mass is 519 g/mol. The largest absolute Gasteiger partial charge is 0.491 e. The number of anilines is 1. The summed E-state index contributed by atoms with van der Waals surface area (Å²) in [5, 5.41) is 2.72. The third-order valence-electron chi connectivity index (χ3n) is 6.52. The van der Waals surface area contributed by atoms with E-state index in [1.165, 1.54) is 13.2 Å². The van der Waals surface area contributed by atoms with Crippen molar-refractivity contribution in [2.75, 3.05) is 52.9 Å². The van der Waals surface area contributed by atoms with Crippen molar-refractivity contribution in [3.05, 3.63) is 59.2 Å². The summed E-state index contributed by atoms with van der Waals surface area (Å²) in [4.78, 5) is 28.9. The number of likely N-dealkylation sites (N-methyl/N-ethyl adjacent to an activating group) is 1. The van der Waals surface area contributed by atoms with Gasteiger partial charge in [-0.1, -0.05) is 6.92 Å². The average Bonchev–Trinajstić information content (AvgIpc) is 2.86. The molecular formula is C27H35F2N3O5. The maximum absolute atomic E-state index is 14.5. The Morgan fingerprint density at radius 3 is 2.59 bits per heavy atom. The Morgan fingerprint density at radius 1 is 1.14 bits per heavy atom. The zero-order valence-corrected chi connectivity index (χ0v) is 21.9. The van der Waals surface area contributed by atoms with Gasteiger partial charge in [-0.2, -0.15) is 0 Å². The first-order valence-corrected chi connectivity index (χ1v) is 12.1. The Labute approximate surface area is 216 Å². The summed E-state index contributed by atoms with van der Waals surface area (Å²) in [6.45, 7) is 4.97. The number of benzene rings is 2. The zero-order chi connectivity index (χ0) is 27.1. The second-order valence-corrected chi connectivity index (χ2v) is 9.45. The number of nitrogens with one attached hydrogen (secondary N) is 1. The topological polar surface area (TPSA) is 80.3 Å². The summed E-state index contributed by atoms with van der Waals surface area (Å²) < 4.78 is 45.1. The molecular weight excluding hydrogens is 484 g/mol. The molecule has 2 aromatic rings. The summed E-state index contributed by atoms with van der Waals surface area (Å²) in [6.07, 6.45) is -0.294. The molecule has 0 bridgehead atoms. The molecule has 0 unspecified atom stereocenters. The minimum atomic E-state index is -0.505. The third kappa shape index (κ3) is 7.47. The van der Waals surface area contributed by atoms with Gasteiger partial charge in [-0.05, 0) is 43.2 Å². The Kier molecular flexibility index (Phi) is 9.96. The minimum Gasteiger partial charge on any atom is -0.491 e. The molecule has 1 heterocycles. The molecule has 37 heavy (non-hydrogen) atoms. The molecule has 2 amide bonds. The highest BCUT2D eigenvalue weighted by atomic mass is 19.1. The quantitative estimate of drug-likeness (QED) is 0.629. The van der Waals surface area contributed by atoms with Crippen LogP contribution in [0.5, 0.6) is 5.75 Å². The van der Waals surface area contributed by atoms with E-state index in [2.05, 4.69) is 5.32 Å². The molecule has 0 aliphatic carbocycles. The van der Waals surface area contributed by atoms with Crippen LogP contribution in [0, 0.1) is 17.6 Å². The lowest BCUT2D eigenvalue weighted by atomic mass is 10.0. The van der Waals surface area contributed by atoms with Crippen LogP contribution < -0.4 is 10.1 Å². The van der Waals surface area contributed by atoms with E-state index in [1.807, 2.05) is 18.7 Å². The molecule has 0 radical (unpaired) electrons. The van der Waals surface area contributed by atoms with Crippen molar-refractivity contribution in [2.45, 2.75) is 32.5 Å². The molecule has 10 heteroatoms. The van der Waals surface area contributed by atoms with Crippen LogP contribution in [0.2, 0.25) is 0 Å². The number of ether oxygens (including phenoxy) is 3. The molecule has 0 aromatic heterocycles. The van der Waals surface area contributed by atoms with E-state index in [4.69, 9.17) is 14.2 Å². The van der Waals surface area contributed by atoms with Crippen LogP contribution in [0.15, 0.2) is 36.4 Å². The Bertz CT molecular complexity index is 1100. The number of methoxy groups -OCH3 is 2. The Morgan fingerprint density at radius 2 is 1.89 bits per heavy atom. The predicted octanol–water partition coefficient (Wildman–Crippen LogP) is 3.56. The van der Waals surface area contributed by atoms with E-state index in [1.54, 1.807) is 37.3 Å². The van der Waals surface area contributed by atoms with Gasteiger partial charge in [0.25, 0.3) is 5.91 Å². The highest BCUT2D eigenvalue weighted by Gasteiger charge is 2.29. The smallest absolute Gasteiger partial charge is 0.257 e. The number of rotatable bonds is 6. The number of hydrogen-bond acceptors (Lipinski definition) is 6. The van der Waals surface area contributed by atoms with Gasteiger partial charge >= 0.3 is 0 Å². The number of carbonyl (C=O) groups is 2. The van der Waals surface area contributed by atoms with Crippen molar-refractivity contribution in [3.63, 3.8) is 0 Å². The van der Waals surface area contributed by atoms with E-state index in [0.717, 1.165) is 12.1 Å². The molecule has 0 spiro atoms. The molecule has 0 fully saturated rings. The van der Waals surface area contributed by atoms with Gasteiger partial charge in [0.15, 0.2) is 0 Å². The van der Waals surface area contributed by atoms with Crippen molar-refractivity contribution >= 4 is 17.5 Å². The molecule has 202 valence electrons. The number of fused-ring (bicyclic) bond motifs is 1. The lowest BCUT2D eigenvalue weighted by molar-refractivity contribution is -0.119. The summed E-state index contributed by atoms with van der Waals surface area (Å²) >= 11 is 0. The van der Waals surface area contributed by atoms with Gasteiger partial charge in [0.05, 0.1) is 11.7 Å². The summed E-state index contributed by atoms with van der Waals surface area (Å²) in [5.74, 6) is -1.30. The Balaban J connectivity index is 1.95. The van der Waals surface area contributed by atoms with Crippen LogP contribution in [-0.4, -0.2) is 81.3 Å². The van der Waals surface area contributed by atoms with E-state index in [0.29, 0.717) is 30.1 Å². The minimum absolute atomic E-state index is 0.0309. The van der Waals surface area contributed by atoms with Crippen LogP contribution >= 0.6 is 0 Å². The highest BCUT2D eigenvalue weighted by molar-refractivity contribution is 5.98. The summed E-state index contributed by atoms with van der Waals surface area (Å²) in [6, 6.07) is 8.03. The fourth-order valence-electron chi connectivity index (χ4n) is 4.36. The van der Waals surface area contributed by atoms with Crippen LogP contribution in [0.25, 0.3) is 0 Å². The van der Waals surface area contributed by atoms with Gasteiger partial charge in [-0.3, -0.25) is 14.5 Å². The van der Waals surface area contributed by atoms with Gasteiger partial charge in [-0.15, -0.1) is 0 Å². The second kappa shape index (κ2) is 12.9. The van der Waals surface area contributed by atoms with E-state index < -0.39 is 11.6 Å². The number of carbonyl (C=O) groups excluding carboxylic acids is 2. The number of nitrogens with zero attached hydrogens (tertiary/aromatic N) is 2. The van der Waals surface area contributed by atoms with Gasteiger partial charge in [-0.25, -0.2) is 8.78 Å². The number of hydrogen-bond donors (Lipinski definition) is 1.